The van der Waals surface area contributed by atoms with E-state index in [2.05, 4.69) is 9.72 Å². The molecule has 0 atom stereocenters. The minimum atomic E-state index is -0.423. The molecule has 0 aliphatic heterocycles. The van der Waals surface area contributed by atoms with E-state index >= 15 is 0 Å². The van der Waals surface area contributed by atoms with Crippen LogP contribution < -0.4 is 9.47 Å². The first kappa shape index (κ1) is 19.2. The van der Waals surface area contributed by atoms with E-state index in [1.807, 2.05) is 37.3 Å². The molecule has 0 fully saturated rings. The molecule has 0 saturated heterocycles. The average Bonchev–Trinajstić information content (AvgIpc) is 3.14. The minimum Gasteiger partial charge on any atom is -0.486 e. The highest BCUT2D eigenvalue weighted by Gasteiger charge is 2.09. The van der Waals surface area contributed by atoms with Crippen LogP contribution in [0.25, 0.3) is 10.4 Å². The summed E-state index contributed by atoms with van der Waals surface area (Å²) >= 11 is 7.78. The molecule has 3 aromatic rings. The summed E-state index contributed by atoms with van der Waals surface area (Å²) in [6, 6.07) is 13.1. The van der Waals surface area contributed by atoms with Crippen LogP contribution in [-0.4, -0.2) is 24.7 Å². The second-order valence-electron chi connectivity index (χ2n) is 5.68. The smallest absolute Gasteiger partial charge is 0.343 e. The summed E-state index contributed by atoms with van der Waals surface area (Å²) in [5.41, 5.74) is 1.83. The van der Waals surface area contributed by atoms with Crippen LogP contribution in [0.4, 0.5) is 0 Å². The number of halogens is 1. The Morgan fingerprint density at radius 3 is 2.74 bits per heavy atom. The molecule has 1 aromatic heterocycles. The molecule has 3 rings (SSSR count). The van der Waals surface area contributed by atoms with E-state index in [1.165, 1.54) is 7.11 Å². The van der Waals surface area contributed by atoms with Crippen LogP contribution in [-0.2, 0) is 16.1 Å². The van der Waals surface area contributed by atoms with Gasteiger partial charge in [-0.1, -0.05) is 29.8 Å². The fraction of sp³-hybridized carbons (Fsp3) is 0.200. The lowest BCUT2D eigenvalue weighted by Gasteiger charge is -2.10. The monoisotopic (exact) mass is 403 g/mol. The van der Waals surface area contributed by atoms with Crippen molar-refractivity contribution in [3.05, 3.63) is 64.3 Å². The van der Waals surface area contributed by atoms with Crippen molar-refractivity contribution in [3.8, 4) is 21.9 Å². The van der Waals surface area contributed by atoms with Crippen molar-refractivity contribution in [2.45, 2.75) is 13.5 Å². The van der Waals surface area contributed by atoms with Crippen molar-refractivity contribution >= 4 is 28.9 Å². The predicted molar refractivity (Wildman–Crippen MR) is 106 cm³/mol. The topological polar surface area (TPSA) is 57.7 Å². The van der Waals surface area contributed by atoms with E-state index in [0.29, 0.717) is 23.1 Å². The summed E-state index contributed by atoms with van der Waals surface area (Å²) < 4.78 is 15.8. The number of esters is 1. The Hall–Kier alpha value is -2.57. The molecule has 0 unspecified atom stereocenters. The molecule has 0 aliphatic carbocycles. The van der Waals surface area contributed by atoms with Gasteiger partial charge in [0.2, 0.25) is 0 Å². The molecule has 0 saturated carbocycles. The number of aromatic nitrogens is 1. The molecule has 0 amide bonds. The molecule has 0 bridgehead atoms. The van der Waals surface area contributed by atoms with Gasteiger partial charge in [-0.05, 0) is 36.8 Å². The highest BCUT2D eigenvalue weighted by atomic mass is 35.5. The number of aryl methyl sites for hydroxylation is 1. The summed E-state index contributed by atoms with van der Waals surface area (Å²) in [4.78, 5) is 16.6. The van der Waals surface area contributed by atoms with E-state index < -0.39 is 5.97 Å². The van der Waals surface area contributed by atoms with E-state index in [4.69, 9.17) is 21.1 Å². The summed E-state index contributed by atoms with van der Waals surface area (Å²) in [5.74, 6) is 0.892. The lowest BCUT2D eigenvalue weighted by Crippen LogP contribution is -2.13. The van der Waals surface area contributed by atoms with Crippen molar-refractivity contribution in [2.24, 2.45) is 0 Å². The van der Waals surface area contributed by atoms with E-state index in [1.54, 1.807) is 29.7 Å². The van der Waals surface area contributed by atoms with Crippen molar-refractivity contribution in [2.75, 3.05) is 13.7 Å². The third-order valence-electron chi connectivity index (χ3n) is 3.77. The van der Waals surface area contributed by atoms with Crippen LogP contribution in [0.15, 0.2) is 48.7 Å². The van der Waals surface area contributed by atoms with E-state index in [0.717, 1.165) is 21.0 Å². The second kappa shape index (κ2) is 8.88. The van der Waals surface area contributed by atoms with Gasteiger partial charge < -0.3 is 14.2 Å². The molecule has 0 spiro atoms. The normalized spacial score (nSPS) is 10.5. The molecular formula is C20H18ClNO4S. The van der Waals surface area contributed by atoms with Crippen LogP contribution in [0.1, 0.15) is 10.6 Å². The van der Waals surface area contributed by atoms with E-state index in [-0.39, 0.29) is 6.61 Å². The number of hydrogen-bond donors (Lipinski definition) is 0. The van der Waals surface area contributed by atoms with Crippen molar-refractivity contribution < 1.29 is 19.0 Å². The van der Waals surface area contributed by atoms with E-state index in [9.17, 15) is 4.79 Å². The highest BCUT2D eigenvalue weighted by molar-refractivity contribution is 7.15. The zero-order valence-corrected chi connectivity index (χ0v) is 16.5. The average molecular weight is 404 g/mol. The SMILES string of the molecule is COC(=O)COc1ccc(OCc2ncc(-c3ccccc3Cl)s2)cc1C. The standard InChI is InChI=1S/C20H18ClNO4S/c1-13-9-14(7-8-17(13)26-12-20(23)24-2)25-11-19-22-10-18(27-19)15-5-3-4-6-16(15)21/h3-10H,11-12H2,1-2H3. The molecule has 1 heterocycles. The Bertz CT molecular complexity index is 941. The molecule has 0 N–H and O–H groups in total. The predicted octanol–water partition coefficient (Wildman–Crippen LogP) is 4.90. The highest BCUT2D eigenvalue weighted by Crippen LogP contribution is 2.32. The number of methoxy groups -OCH3 is 1. The van der Waals surface area contributed by atoms with Crippen LogP contribution >= 0.6 is 22.9 Å². The first-order valence-electron chi connectivity index (χ1n) is 8.19. The van der Waals surface area contributed by atoms with Crippen LogP contribution in [0.2, 0.25) is 5.02 Å². The fourth-order valence-corrected chi connectivity index (χ4v) is 3.54. The third kappa shape index (κ3) is 4.99. The number of benzene rings is 2. The zero-order valence-electron chi connectivity index (χ0n) is 14.9. The van der Waals surface area contributed by atoms with Gasteiger partial charge in [0.25, 0.3) is 0 Å². The number of ether oxygens (including phenoxy) is 3. The van der Waals surface area contributed by atoms with Gasteiger partial charge in [-0.15, -0.1) is 11.3 Å². The largest absolute Gasteiger partial charge is 0.486 e. The Labute approximate surface area is 166 Å². The van der Waals surface area contributed by atoms with Gasteiger partial charge in [0.15, 0.2) is 6.61 Å². The lowest BCUT2D eigenvalue weighted by atomic mass is 10.2. The number of nitrogens with zero attached hydrogens (tertiary/aromatic N) is 1. The summed E-state index contributed by atoms with van der Waals surface area (Å²) in [7, 11) is 1.32. The van der Waals surface area contributed by atoms with Gasteiger partial charge in [-0.3, -0.25) is 0 Å². The molecule has 2 aromatic carbocycles. The Morgan fingerprint density at radius 1 is 1.19 bits per heavy atom. The molecule has 7 heteroatoms. The molecule has 0 aliphatic rings. The first-order chi connectivity index (χ1) is 13.1. The third-order valence-corrected chi connectivity index (χ3v) is 5.11. The summed E-state index contributed by atoms with van der Waals surface area (Å²) in [6.45, 7) is 2.12. The van der Waals surface area contributed by atoms with Crippen molar-refractivity contribution in [1.82, 2.24) is 4.98 Å². The number of carbonyl (C=O) groups is 1. The molecule has 140 valence electrons. The maximum atomic E-state index is 11.2. The van der Waals surface area contributed by atoms with Gasteiger partial charge >= 0.3 is 5.97 Å². The number of carbonyl (C=O) groups excluding carboxylic acids is 1. The lowest BCUT2D eigenvalue weighted by molar-refractivity contribution is -0.142. The van der Waals surface area contributed by atoms with Gasteiger partial charge in [0, 0.05) is 16.8 Å². The molecule has 27 heavy (non-hydrogen) atoms. The number of thiazole rings is 1. The van der Waals surface area contributed by atoms with Gasteiger partial charge in [0.05, 0.1) is 12.0 Å². The zero-order chi connectivity index (χ0) is 19.2. The van der Waals surface area contributed by atoms with Crippen molar-refractivity contribution in [1.29, 1.82) is 0 Å². The van der Waals surface area contributed by atoms with Gasteiger partial charge in [-0.2, -0.15) is 0 Å². The first-order valence-corrected chi connectivity index (χ1v) is 9.39. The molecule has 5 nitrogen and oxygen atoms in total. The van der Waals surface area contributed by atoms with Gasteiger partial charge in [0.1, 0.15) is 23.1 Å². The van der Waals surface area contributed by atoms with Gasteiger partial charge in [-0.25, -0.2) is 9.78 Å². The van der Waals surface area contributed by atoms with Crippen LogP contribution in [0, 0.1) is 6.92 Å². The Kier molecular flexibility index (Phi) is 6.32. The van der Waals surface area contributed by atoms with Crippen LogP contribution in [0.5, 0.6) is 11.5 Å². The minimum absolute atomic E-state index is 0.124. The molecular weight excluding hydrogens is 386 g/mol. The molecule has 0 radical (unpaired) electrons. The summed E-state index contributed by atoms with van der Waals surface area (Å²) in [5, 5.41) is 1.56. The fourth-order valence-electron chi connectivity index (χ4n) is 2.38. The summed E-state index contributed by atoms with van der Waals surface area (Å²) in [6.07, 6.45) is 1.81. The Balaban J connectivity index is 1.61. The Morgan fingerprint density at radius 2 is 2.00 bits per heavy atom. The second-order valence-corrected chi connectivity index (χ2v) is 7.20. The maximum absolute atomic E-state index is 11.2. The van der Waals surface area contributed by atoms with Crippen LogP contribution in [0.3, 0.4) is 0 Å². The van der Waals surface area contributed by atoms with Crippen molar-refractivity contribution in [3.63, 3.8) is 0 Å². The number of rotatable bonds is 7. The number of hydrogen-bond acceptors (Lipinski definition) is 6. The quantitative estimate of drug-likeness (QED) is 0.525. The maximum Gasteiger partial charge on any atom is 0.343 e.